The van der Waals surface area contributed by atoms with Crippen molar-refractivity contribution < 1.29 is 9.53 Å². The quantitative estimate of drug-likeness (QED) is 0.679. The first kappa shape index (κ1) is 12.8. The molecular weight excluding hydrogens is 220 g/mol. The molecule has 6 nitrogen and oxygen atoms in total. The van der Waals surface area contributed by atoms with Crippen molar-refractivity contribution in [1.82, 2.24) is 15.3 Å². The number of carbonyl (C=O) groups excluding carboxylic acids is 1. The van der Waals surface area contributed by atoms with Gasteiger partial charge in [-0.1, -0.05) is 5.92 Å². The fourth-order valence-electron chi connectivity index (χ4n) is 1.06. The highest BCUT2D eigenvalue weighted by atomic mass is 16.5. The number of anilines is 1. The minimum absolute atomic E-state index is 0.0699. The molecule has 1 heterocycles. The highest BCUT2D eigenvalue weighted by Gasteiger charge is 2.07. The average molecular weight is 234 g/mol. The van der Waals surface area contributed by atoms with Gasteiger partial charge < -0.3 is 15.4 Å². The molecule has 90 valence electrons. The fourth-order valence-corrected chi connectivity index (χ4v) is 1.06. The predicted octanol–water partition coefficient (Wildman–Crippen LogP) is 0.0366. The van der Waals surface area contributed by atoms with E-state index in [9.17, 15) is 4.79 Å². The van der Waals surface area contributed by atoms with Crippen LogP contribution in [0.2, 0.25) is 0 Å². The van der Waals surface area contributed by atoms with Crippen LogP contribution in [0.25, 0.3) is 0 Å². The van der Waals surface area contributed by atoms with Crippen molar-refractivity contribution >= 4 is 11.7 Å². The molecule has 0 radical (unpaired) electrons. The van der Waals surface area contributed by atoms with Gasteiger partial charge in [-0.3, -0.25) is 4.79 Å². The summed E-state index contributed by atoms with van der Waals surface area (Å²) in [6.07, 6.45) is 8.06. The van der Waals surface area contributed by atoms with Crippen molar-refractivity contribution in [3.63, 3.8) is 0 Å². The molecule has 2 N–H and O–H groups in total. The second-order valence-corrected chi connectivity index (χ2v) is 2.98. The first-order chi connectivity index (χ1) is 8.27. The van der Waals surface area contributed by atoms with Crippen molar-refractivity contribution in [3.05, 3.63) is 12.4 Å². The van der Waals surface area contributed by atoms with Gasteiger partial charge >= 0.3 is 0 Å². The molecule has 1 aromatic rings. The molecule has 17 heavy (non-hydrogen) atoms. The number of nitrogens with one attached hydrogen (secondary N) is 2. The maximum absolute atomic E-state index is 11.3. The minimum atomic E-state index is -0.212. The summed E-state index contributed by atoms with van der Waals surface area (Å²) in [6.45, 7) is 2.61. The SMILES string of the molecule is C#CCNC(=O)CNc1nccnc1OCC. The van der Waals surface area contributed by atoms with Gasteiger partial charge in [0.15, 0.2) is 5.82 Å². The van der Waals surface area contributed by atoms with E-state index in [0.29, 0.717) is 18.3 Å². The molecule has 0 saturated carbocycles. The summed E-state index contributed by atoms with van der Waals surface area (Å²) in [5, 5.41) is 5.35. The van der Waals surface area contributed by atoms with Crippen LogP contribution >= 0.6 is 0 Å². The zero-order valence-electron chi connectivity index (χ0n) is 9.56. The van der Waals surface area contributed by atoms with Gasteiger partial charge in [-0.15, -0.1) is 6.42 Å². The van der Waals surface area contributed by atoms with Gasteiger partial charge in [0, 0.05) is 12.4 Å². The van der Waals surface area contributed by atoms with E-state index in [-0.39, 0.29) is 19.0 Å². The summed E-state index contributed by atoms with van der Waals surface area (Å²) in [5.41, 5.74) is 0. The number of aromatic nitrogens is 2. The number of carbonyl (C=O) groups is 1. The largest absolute Gasteiger partial charge is 0.475 e. The molecule has 0 unspecified atom stereocenters. The predicted molar refractivity (Wildman–Crippen MR) is 63.5 cm³/mol. The Morgan fingerprint density at radius 2 is 2.29 bits per heavy atom. The summed E-state index contributed by atoms with van der Waals surface area (Å²) >= 11 is 0. The molecule has 1 aromatic heterocycles. The summed E-state index contributed by atoms with van der Waals surface area (Å²) in [6, 6.07) is 0. The van der Waals surface area contributed by atoms with E-state index in [4.69, 9.17) is 11.2 Å². The molecule has 6 heteroatoms. The number of hydrogen-bond acceptors (Lipinski definition) is 5. The zero-order chi connectivity index (χ0) is 12.5. The lowest BCUT2D eigenvalue weighted by Gasteiger charge is -2.09. The van der Waals surface area contributed by atoms with Crippen molar-refractivity contribution in [3.8, 4) is 18.2 Å². The van der Waals surface area contributed by atoms with Crippen LogP contribution in [0.3, 0.4) is 0 Å². The maximum Gasteiger partial charge on any atom is 0.257 e. The number of rotatable bonds is 6. The summed E-state index contributed by atoms with van der Waals surface area (Å²) in [4.78, 5) is 19.3. The smallest absolute Gasteiger partial charge is 0.257 e. The lowest BCUT2D eigenvalue weighted by Crippen LogP contribution is -2.30. The van der Waals surface area contributed by atoms with Gasteiger partial charge in [-0.25, -0.2) is 9.97 Å². The normalized spacial score (nSPS) is 9.18. The third-order valence-electron chi connectivity index (χ3n) is 1.75. The Morgan fingerprint density at radius 3 is 3.00 bits per heavy atom. The lowest BCUT2D eigenvalue weighted by molar-refractivity contribution is -0.119. The highest BCUT2D eigenvalue weighted by molar-refractivity contribution is 5.80. The van der Waals surface area contributed by atoms with Gasteiger partial charge in [-0.05, 0) is 6.92 Å². The molecule has 0 aromatic carbocycles. The molecule has 0 saturated heterocycles. The molecular formula is C11H14N4O2. The monoisotopic (exact) mass is 234 g/mol. The number of terminal acetylenes is 1. The summed E-state index contributed by atoms with van der Waals surface area (Å²) < 4.78 is 5.25. The van der Waals surface area contributed by atoms with Crippen LogP contribution < -0.4 is 15.4 Å². The zero-order valence-corrected chi connectivity index (χ0v) is 9.56. The number of hydrogen-bond donors (Lipinski definition) is 2. The van der Waals surface area contributed by atoms with Gasteiger partial charge in [0.25, 0.3) is 5.88 Å². The second-order valence-electron chi connectivity index (χ2n) is 2.98. The third kappa shape index (κ3) is 4.38. The topological polar surface area (TPSA) is 76.1 Å². The number of nitrogens with zero attached hydrogens (tertiary/aromatic N) is 2. The summed E-state index contributed by atoms with van der Waals surface area (Å²) in [7, 11) is 0. The van der Waals surface area contributed by atoms with Gasteiger partial charge in [0.2, 0.25) is 5.91 Å². The van der Waals surface area contributed by atoms with Crippen LogP contribution in [0.15, 0.2) is 12.4 Å². The van der Waals surface area contributed by atoms with Crippen LogP contribution in [0.5, 0.6) is 5.88 Å². The van der Waals surface area contributed by atoms with E-state index in [2.05, 4.69) is 26.5 Å². The molecule has 0 spiro atoms. The van der Waals surface area contributed by atoms with E-state index < -0.39 is 0 Å². The molecule has 0 aliphatic carbocycles. The maximum atomic E-state index is 11.3. The fraction of sp³-hybridized carbons (Fsp3) is 0.364. The van der Waals surface area contributed by atoms with Crippen LogP contribution in [0, 0.1) is 12.3 Å². The van der Waals surface area contributed by atoms with E-state index >= 15 is 0 Å². The Balaban J connectivity index is 2.51. The van der Waals surface area contributed by atoms with Crippen molar-refractivity contribution in [2.24, 2.45) is 0 Å². The van der Waals surface area contributed by atoms with Crippen LogP contribution in [0.4, 0.5) is 5.82 Å². The molecule has 0 aliphatic heterocycles. The molecule has 0 fully saturated rings. The van der Waals surface area contributed by atoms with Crippen molar-refractivity contribution in [2.75, 3.05) is 25.0 Å². The first-order valence-corrected chi connectivity index (χ1v) is 5.15. The number of amides is 1. The lowest BCUT2D eigenvalue weighted by atomic mass is 10.5. The van der Waals surface area contributed by atoms with E-state index in [1.165, 1.54) is 12.4 Å². The highest BCUT2D eigenvalue weighted by Crippen LogP contribution is 2.16. The third-order valence-corrected chi connectivity index (χ3v) is 1.75. The van der Waals surface area contributed by atoms with Crippen LogP contribution in [-0.2, 0) is 4.79 Å². The Hall–Kier alpha value is -2.29. The van der Waals surface area contributed by atoms with Crippen molar-refractivity contribution in [2.45, 2.75) is 6.92 Å². The molecule has 1 rings (SSSR count). The Labute approximate surface area is 99.8 Å². The first-order valence-electron chi connectivity index (χ1n) is 5.15. The van der Waals surface area contributed by atoms with Crippen LogP contribution in [-0.4, -0.2) is 35.6 Å². The Kier molecular flexibility index (Phi) is 5.31. The second kappa shape index (κ2) is 7.06. The molecule has 0 atom stereocenters. The van der Waals surface area contributed by atoms with Crippen LogP contribution in [0.1, 0.15) is 6.92 Å². The molecule has 0 aliphatic rings. The number of ether oxygens (including phenoxy) is 1. The molecule has 0 bridgehead atoms. The van der Waals surface area contributed by atoms with E-state index in [1.807, 2.05) is 6.92 Å². The minimum Gasteiger partial charge on any atom is -0.475 e. The Bertz CT molecular complexity index is 414. The van der Waals surface area contributed by atoms with E-state index in [0.717, 1.165) is 0 Å². The van der Waals surface area contributed by atoms with E-state index in [1.54, 1.807) is 0 Å². The van der Waals surface area contributed by atoms with Gasteiger partial charge in [0.05, 0.1) is 19.7 Å². The van der Waals surface area contributed by atoms with Crippen molar-refractivity contribution in [1.29, 1.82) is 0 Å². The Morgan fingerprint density at radius 1 is 1.53 bits per heavy atom. The standard InChI is InChI=1S/C11H14N4O2/c1-3-5-12-9(16)8-15-10-11(17-4-2)14-7-6-13-10/h1,6-7H,4-5,8H2,2H3,(H,12,16)(H,13,15). The molecule has 1 amide bonds. The summed E-state index contributed by atoms with van der Waals surface area (Å²) in [5.74, 6) is 2.91. The van der Waals surface area contributed by atoms with Gasteiger partial charge in [0.1, 0.15) is 0 Å². The van der Waals surface area contributed by atoms with Gasteiger partial charge in [-0.2, -0.15) is 0 Å². The average Bonchev–Trinajstić information content (AvgIpc) is 2.35.